The highest BCUT2D eigenvalue weighted by Gasteiger charge is 2.13. The fourth-order valence-corrected chi connectivity index (χ4v) is 2.80. The Labute approximate surface area is 131 Å². The van der Waals surface area contributed by atoms with E-state index in [-0.39, 0.29) is 6.04 Å². The van der Waals surface area contributed by atoms with Crippen LogP contribution in [0.25, 0.3) is 0 Å². The summed E-state index contributed by atoms with van der Waals surface area (Å²) in [5.74, 6) is 5.66. The van der Waals surface area contributed by atoms with Crippen LogP contribution in [-0.2, 0) is 6.42 Å². The molecule has 0 aliphatic heterocycles. The maximum absolute atomic E-state index is 6.02. The lowest BCUT2D eigenvalue weighted by atomic mass is 9.99. The molecule has 2 aromatic carbocycles. The quantitative estimate of drug-likeness (QED) is 0.622. The minimum Gasteiger partial charge on any atom is -0.271 e. The Morgan fingerprint density at radius 1 is 1.11 bits per heavy atom. The molecule has 3 N–H and O–H groups in total. The first-order valence-corrected chi connectivity index (χ1v) is 7.31. The highest BCUT2D eigenvalue weighted by molar-refractivity contribution is 9.10. The smallest absolute Gasteiger partial charge is 0.0595 e. The summed E-state index contributed by atoms with van der Waals surface area (Å²) in [6.45, 7) is 0. The zero-order valence-electron chi connectivity index (χ0n) is 10.0. The van der Waals surface area contributed by atoms with Gasteiger partial charge in [0.15, 0.2) is 0 Å². The van der Waals surface area contributed by atoms with Gasteiger partial charge in [-0.1, -0.05) is 63.4 Å². The fraction of sp³-hybridized carbons (Fsp3) is 0.143. The molecule has 0 spiro atoms. The van der Waals surface area contributed by atoms with Gasteiger partial charge in [-0.05, 0) is 35.7 Å². The predicted octanol–water partition coefficient (Wildman–Crippen LogP) is 4.50. The van der Waals surface area contributed by atoms with Gasteiger partial charge in [0.1, 0.15) is 0 Å². The van der Waals surface area contributed by atoms with Gasteiger partial charge in [0.05, 0.1) is 16.1 Å². The highest BCUT2D eigenvalue weighted by atomic mass is 79.9. The molecule has 2 nitrogen and oxygen atoms in total. The Kier molecular flexibility index (Phi) is 5.25. The lowest BCUT2D eigenvalue weighted by molar-refractivity contribution is 0.550. The van der Waals surface area contributed by atoms with Gasteiger partial charge in [0, 0.05) is 4.47 Å². The van der Waals surface area contributed by atoms with Crippen molar-refractivity contribution in [3.63, 3.8) is 0 Å². The van der Waals surface area contributed by atoms with Crippen molar-refractivity contribution in [1.82, 2.24) is 5.43 Å². The summed E-state index contributed by atoms with van der Waals surface area (Å²) in [7, 11) is 0. The van der Waals surface area contributed by atoms with E-state index in [1.54, 1.807) is 6.07 Å². The molecular weight excluding hydrogens is 347 g/mol. The van der Waals surface area contributed by atoms with Gasteiger partial charge < -0.3 is 0 Å². The summed E-state index contributed by atoms with van der Waals surface area (Å²) in [6.07, 6.45) is 0.732. The topological polar surface area (TPSA) is 38.0 Å². The highest BCUT2D eigenvalue weighted by Crippen LogP contribution is 2.28. The maximum atomic E-state index is 6.02. The molecule has 0 saturated carbocycles. The summed E-state index contributed by atoms with van der Waals surface area (Å²) >= 11 is 15.5. The molecule has 0 aromatic heterocycles. The van der Waals surface area contributed by atoms with Gasteiger partial charge in [-0.15, -0.1) is 0 Å². The van der Waals surface area contributed by atoms with E-state index in [1.807, 2.05) is 36.4 Å². The largest absolute Gasteiger partial charge is 0.271 e. The van der Waals surface area contributed by atoms with Gasteiger partial charge in [-0.3, -0.25) is 11.3 Å². The van der Waals surface area contributed by atoms with Gasteiger partial charge in [-0.2, -0.15) is 0 Å². The number of nitrogens with one attached hydrogen (secondary N) is 1. The summed E-state index contributed by atoms with van der Waals surface area (Å²) in [5, 5.41) is 1.12. The van der Waals surface area contributed by atoms with Crippen LogP contribution in [0, 0.1) is 0 Å². The molecule has 0 heterocycles. The molecule has 2 rings (SSSR count). The Hall–Kier alpha value is -0.580. The predicted molar refractivity (Wildman–Crippen MR) is 84.4 cm³/mol. The fourth-order valence-electron chi connectivity index (χ4n) is 1.92. The molecule has 2 aromatic rings. The van der Waals surface area contributed by atoms with Gasteiger partial charge >= 0.3 is 0 Å². The van der Waals surface area contributed by atoms with E-state index >= 15 is 0 Å². The summed E-state index contributed by atoms with van der Waals surface area (Å²) in [6, 6.07) is 13.6. The molecule has 0 fully saturated rings. The molecule has 0 bridgehead atoms. The third-order valence-electron chi connectivity index (χ3n) is 2.91. The van der Waals surface area contributed by atoms with Crippen LogP contribution >= 0.6 is 39.1 Å². The monoisotopic (exact) mass is 358 g/mol. The molecule has 0 radical (unpaired) electrons. The molecule has 5 heteroatoms. The maximum Gasteiger partial charge on any atom is 0.0595 e. The lowest BCUT2D eigenvalue weighted by Crippen LogP contribution is -2.29. The van der Waals surface area contributed by atoms with Crippen molar-refractivity contribution >= 4 is 39.1 Å². The lowest BCUT2D eigenvalue weighted by Gasteiger charge is -2.18. The Balaban J connectivity index is 2.24. The number of benzene rings is 2. The second kappa shape index (κ2) is 6.73. The number of hydrogen-bond donors (Lipinski definition) is 2. The normalized spacial score (nSPS) is 12.4. The molecule has 1 unspecified atom stereocenters. The number of halogens is 3. The summed E-state index contributed by atoms with van der Waals surface area (Å²) in [4.78, 5) is 0. The van der Waals surface area contributed by atoms with Crippen molar-refractivity contribution in [2.24, 2.45) is 5.84 Å². The van der Waals surface area contributed by atoms with E-state index in [0.29, 0.717) is 10.0 Å². The number of nitrogens with two attached hydrogens (primary N) is 1. The van der Waals surface area contributed by atoms with Crippen LogP contribution in [0.1, 0.15) is 17.2 Å². The van der Waals surface area contributed by atoms with Crippen molar-refractivity contribution in [3.05, 3.63) is 68.1 Å². The Bertz CT molecular complexity index is 575. The Morgan fingerprint density at radius 2 is 1.84 bits per heavy atom. The first-order chi connectivity index (χ1) is 9.11. The van der Waals surface area contributed by atoms with Crippen LogP contribution in [0.4, 0.5) is 0 Å². The van der Waals surface area contributed by atoms with Crippen molar-refractivity contribution in [2.75, 3.05) is 0 Å². The Morgan fingerprint density at radius 3 is 2.47 bits per heavy atom. The van der Waals surface area contributed by atoms with Gasteiger partial charge in [0.2, 0.25) is 0 Å². The minimum absolute atomic E-state index is 0.00724. The SMILES string of the molecule is NNC(Cc1ccc(Cl)c(Cl)c1)c1ccccc1Br. The van der Waals surface area contributed by atoms with Gasteiger partial charge in [0.25, 0.3) is 0 Å². The summed E-state index contributed by atoms with van der Waals surface area (Å²) < 4.78 is 1.03. The number of hydrazine groups is 1. The van der Waals surface area contributed by atoms with E-state index in [0.717, 1.165) is 22.0 Å². The molecule has 1 atom stereocenters. The van der Waals surface area contributed by atoms with Crippen molar-refractivity contribution in [2.45, 2.75) is 12.5 Å². The van der Waals surface area contributed by atoms with Crippen LogP contribution in [0.5, 0.6) is 0 Å². The molecule has 100 valence electrons. The molecular formula is C14H13BrCl2N2. The molecule has 0 aliphatic carbocycles. The average Bonchev–Trinajstić information content (AvgIpc) is 2.41. The van der Waals surface area contributed by atoms with Gasteiger partial charge in [-0.25, -0.2) is 0 Å². The van der Waals surface area contributed by atoms with E-state index in [4.69, 9.17) is 29.0 Å². The third kappa shape index (κ3) is 3.71. The van der Waals surface area contributed by atoms with Crippen molar-refractivity contribution in [1.29, 1.82) is 0 Å². The average molecular weight is 360 g/mol. The number of rotatable bonds is 4. The summed E-state index contributed by atoms with van der Waals surface area (Å²) in [5.41, 5.74) is 5.02. The molecule has 19 heavy (non-hydrogen) atoms. The van der Waals surface area contributed by atoms with Crippen LogP contribution in [0.3, 0.4) is 0 Å². The molecule has 0 saturated heterocycles. The second-order valence-electron chi connectivity index (χ2n) is 4.19. The van der Waals surface area contributed by atoms with Crippen LogP contribution < -0.4 is 11.3 Å². The standard InChI is InChI=1S/C14H13BrCl2N2/c15-11-4-2-1-3-10(11)14(19-18)8-9-5-6-12(16)13(17)7-9/h1-7,14,19H,8,18H2. The van der Waals surface area contributed by atoms with E-state index in [1.165, 1.54) is 0 Å². The van der Waals surface area contributed by atoms with Crippen LogP contribution in [-0.4, -0.2) is 0 Å². The first kappa shape index (κ1) is 14.8. The molecule has 0 amide bonds. The van der Waals surface area contributed by atoms with Crippen molar-refractivity contribution in [3.8, 4) is 0 Å². The van der Waals surface area contributed by atoms with E-state index < -0.39 is 0 Å². The first-order valence-electron chi connectivity index (χ1n) is 5.76. The van der Waals surface area contributed by atoms with E-state index in [9.17, 15) is 0 Å². The van der Waals surface area contributed by atoms with Crippen LogP contribution in [0.15, 0.2) is 46.9 Å². The number of hydrogen-bond acceptors (Lipinski definition) is 2. The third-order valence-corrected chi connectivity index (χ3v) is 4.37. The van der Waals surface area contributed by atoms with Crippen LogP contribution in [0.2, 0.25) is 10.0 Å². The molecule has 0 aliphatic rings. The van der Waals surface area contributed by atoms with E-state index in [2.05, 4.69) is 21.4 Å². The second-order valence-corrected chi connectivity index (χ2v) is 5.86. The van der Waals surface area contributed by atoms with Crippen molar-refractivity contribution < 1.29 is 0 Å². The zero-order chi connectivity index (χ0) is 13.8. The zero-order valence-corrected chi connectivity index (χ0v) is 13.1. The minimum atomic E-state index is 0.00724.